The lowest BCUT2D eigenvalue weighted by atomic mass is 9.92. The molecule has 1 saturated heterocycles. The standard InChI is InChI=1S/C15H22N2OS/c1-10(16)12-3-2-7-17(9-12)15(18)14-13(6-8-19-14)11-4-5-11/h6,8,10-12H,2-5,7,9,16H2,1H3. The maximum Gasteiger partial charge on any atom is 0.264 e. The van der Waals surface area contributed by atoms with Crippen LogP contribution in [0.4, 0.5) is 0 Å². The van der Waals surface area contributed by atoms with Gasteiger partial charge in [0.05, 0.1) is 4.88 Å². The fourth-order valence-corrected chi connectivity index (χ4v) is 3.93. The Hall–Kier alpha value is -0.870. The van der Waals surface area contributed by atoms with Gasteiger partial charge in [0.15, 0.2) is 0 Å². The fourth-order valence-electron chi connectivity index (χ4n) is 2.98. The van der Waals surface area contributed by atoms with Crippen molar-refractivity contribution in [2.75, 3.05) is 13.1 Å². The molecule has 0 bridgehead atoms. The molecule has 4 heteroatoms. The van der Waals surface area contributed by atoms with E-state index >= 15 is 0 Å². The van der Waals surface area contributed by atoms with Crippen LogP contribution in [-0.4, -0.2) is 29.9 Å². The normalized spacial score (nSPS) is 25.4. The third-order valence-electron chi connectivity index (χ3n) is 4.40. The first kappa shape index (κ1) is 13.1. The van der Waals surface area contributed by atoms with Crippen molar-refractivity contribution in [3.63, 3.8) is 0 Å². The zero-order chi connectivity index (χ0) is 13.4. The monoisotopic (exact) mass is 278 g/mol. The Kier molecular flexibility index (Phi) is 3.63. The highest BCUT2D eigenvalue weighted by Crippen LogP contribution is 2.43. The van der Waals surface area contributed by atoms with Gasteiger partial charge in [-0.1, -0.05) is 0 Å². The van der Waals surface area contributed by atoms with Crippen molar-refractivity contribution >= 4 is 17.2 Å². The molecule has 2 atom stereocenters. The summed E-state index contributed by atoms with van der Waals surface area (Å²) in [5, 5.41) is 2.06. The molecular formula is C15H22N2OS. The largest absolute Gasteiger partial charge is 0.338 e. The molecule has 1 saturated carbocycles. The smallest absolute Gasteiger partial charge is 0.264 e. The summed E-state index contributed by atoms with van der Waals surface area (Å²) < 4.78 is 0. The molecule has 3 nitrogen and oxygen atoms in total. The van der Waals surface area contributed by atoms with Crippen LogP contribution < -0.4 is 5.73 Å². The van der Waals surface area contributed by atoms with E-state index in [-0.39, 0.29) is 11.9 Å². The van der Waals surface area contributed by atoms with E-state index in [4.69, 9.17) is 5.73 Å². The minimum Gasteiger partial charge on any atom is -0.338 e. The van der Waals surface area contributed by atoms with Crippen LogP contribution in [0.1, 0.15) is 53.8 Å². The highest BCUT2D eigenvalue weighted by Gasteiger charge is 2.32. The van der Waals surface area contributed by atoms with Crippen LogP contribution in [0.25, 0.3) is 0 Å². The van der Waals surface area contributed by atoms with Gasteiger partial charge in [0.2, 0.25) is 0 Å². The van der Waals surface area contributed by atoms with Crippen LogP contribution >= 0.6 is 11.3 Å². The second-order valence-corrected chi connectivity index (χ2v) is 6.91. The van der Waals surface area contributed by atoms with Gasteiger partial charge in [0, 0.05) is 19.1 Å². The minimum atomic E-state index is 0.182. The lowest BCUT2D eigenvalue weighted by Crippen LogP contribution is -2.45. The maximum absolute atomic E-state index is 12.7. The maximum atomic E-state index is 12.7. The number of nitrogens with two attached hydrogens (primary N) is 1. The van der Waals surface area contributed by atoms with Crippen molar-refractivity contribution < 1.29 is 4.79 Å². The Morgan fingerprint density at radius 3 is 2.95 bits per heavy atom. The van der Waals surface area contributed by atoms with E-state index < -0.39 is 0 Å². The summed E-state index contributed by atoms with van der Waals surface area (Å²) in [6, 6.07) is 2.32. The molecule has 0 radical (unpaired) electrons. The van der Waals surface area contributed by atoms with Gasteiger partial charge in [-0.25, -0.2) is 0 Å². The van der Waals surface area contributed by atoms with Crippen molar-refractivity contribution in [1.29, 1.82) is 0 Å². The number of nitrogens with zero attached hydrogens (tertiary/aromatic N) is 1. The average Bonchev–Trinajstić information content (AvgIpc) is 3.15. The van der Waals surface area contributed by atoms with Gasteiger partial charge in [-0.2, -0.15) is 0 Å². The summed E-state index contributed by atoms with van der Waals surface area (Å²) in [7, 11) is 0. The first-order chi connectivity index (χ1) is 9.16. The number of thiophene rings is 1. The number of rotatable bonds is 3. The number of carbonyl (C=O) groups is 1. The highest BCUT2D eigenvalue weighted by atomic mass is 32.1. The molecule has 1 aromatic rings. The molecule has 1 amide bonds. The Bertz CT molecular complexity index is 464. The zero-order valence-electron chi connectivity index (χ0n) is 11.5. The number of likely N-dealkylation sites (tertiary alicyclic amines) is 1. The molecule has 2 aliphatic rings. The van der Waals surface area contributed by atoms with Crippen molar-refractivity contribution in [1.82, 2.24) is 4.90 Å². The molecular weight excluding hydrogens is 256 g/mol. The van der Waals surface area contributed by atoms with Crippen molar-refractivity contribution in [2.45, 2.75) is 44.6 Å². The van der Waals surface area contributed by atoms with Crippen LogP contribution in [0, 0.1) is 5.92 Å². The van der Waals surface area contributed by atoms with Gasteiger partial charge >= 0.3 is 0 Å². The summed E-state index contributed by atoms with van der Waals surface area (Å²) in [5.41, 5.74) is 7.29. The van der Waals surface area contributed by atoms with Gasteiger partial charge in [0.1, 0.15) is 0 Å². The van der Waals surface area contributed by atoms with Gasteiger partial charge in [-0.15, -0.1) is 11.3 Å². The first-order valence-electron chi connectivity index (χ1n) is 7.29. The third kappa shape index (κ3) is 2.70. The molecule has 1 aliphatic heterocycles. The number of hydrogen-bond acceptors (Lipinski definition) is 3. The summed E-state index contributed by atoms with van der Waals surface area (Å²) in [6.45, 7) is 3.78. The third-order valence-corrected chi connectivity index (χ3v) is 5.31. The van der Waals surface area contributed by atoms with Crippen LogP contribution in [0.2, 0.25) is 0 Å². The van der Waals surface area contributed by atoms with Crippen molar-refractivity contribution in [3.05, 3.63) is 21.9 Å². The fraction of sp³-hybridized carbons (Fsp3) is 0.667. The predicted octanol–water partition coefficient (Wildman–Crippen LogP) is 2.82. The number of amides is 1. The number of piperidine rings is 1. The van der Waals surface area contributed by atoms with E-state index in [0.717, 1.165) is 30.8 Å². The van der Waals surface area contributed by atoms with E-state index in [1.54, 1.807) is 11.3 Å². The van der Waals surface area contributed by atoms with Crippen LogP contribution in [-0.2, 0) is 0 Å². The highest BCUT2D eigenvalue weighted by molar-refractivity contribution is 7.12. The molecule has 0 aromatic carbocycles. The molecule has 2 heterocycles. The van der Waals surface area contributed by atoms with Crippen LogP contribution in [0.3, 0.4) is 0 Å². The number of hydrogen-bond donors (Lipinski definition) is 1. The van der Waals surface area contributed by atoms with E-state index in [1.807, 2.05) is 4.90 Å². The summed E-state index contributed by atoms with van der Waals surface area (Å²) in [5.74, 6) is 1.35. The molecule has 2 fully saturated rings. The summed E-state index contributed by atoms with van der Waals surface area (Å²) >= 11 is 1.61. The molecule has 104 valence electrons. The molecule has 3 rings (SSSR count). The molecule has 1 aliphatic carbocycles. The average molecular weight is 278 g/mol. The van der Waals surface area contributed by atoms with Gasteiger partial charge in [0.25, 0.3) is 5.91 Å². The second kappa shape index (κ2) is 5.25. The molecule has 1 aromatic heterocycles. The van der Waals surface area contributed by atoms with Gasteiger partial charge in [-0.05, 0) is 61.5 Å². The minimum absolute atomic E-state index is 0.182. The van der Waals surface area contributed by atoms with Gasteiger partial charge in [-0.3, -0.25) is 4.79 Å². The van der Waals surface area contributed by atoms with Crippen LogP contribution in [0.5, 0.6) is 0 Å². The van der Waals surface area contributed by atoms with E-state index in [9.17, 15) is 4.79 Å². The van der Waals surface area contributed by atoms with Gasteiger partial charge < -0.3 is 10.6 Å². The van der Waals surface area contributed by atoms with E-state index in [2.05, 4.69) is 18.4 Å². The molecule has 0 spiro atoms. The lowest BCUT2D eigenvalue weighted by molar-refractivity contribution is 0.0665. The Balaban J connectivity index is 1.74. The molecule has 2 N–H and O–H groups in total. The second-order valence-electron chi connectivity index (χ2n) is 5.99. The Morgan fingerprint density at radius 1 is 1.47 bits per heavy atom. The number of carbonyl (C=O) groups excluding carboxylic acids is 1. The Morgan fingerprint density at radius 2 is 2.26 bits per heavy atom. The van der Waals surface area contributed by atoms with E-state index in [0.29, 0.717) is 11.8 Å². The van der Waals surface area contributed by atoms with Crippen LogP contribution in [0.15, 0.2) is 11.4 Å². The summed E-state index contributed by atoms with van der Waals surface area (Å²) in [6.07, 6.45) is 4.74. The molecule has 19 heavy (non-hydrogen) atoms. The topological polar surface area (TPSA) is 46.3 Å². The van der Waals surface area contributed by atoms with Crippen molar-refractivity contribution in [3.8, 4) is 0 Å². The predicted molar refractivity (Wildman–Crippen MR) is 78.6 cm³/mol. The Labute approximate surface area is 118 Å². The summed E-state index contributed by atoms with van der Waals surface area (Å²) in [4.78, 5) is 15.7. The quantitative estimate of drug-likeness (QED) is 0.924. The van der Waals surface area contributed by atoms with E-state index in [1.165, 1.54) is 18.4 Å². The lowest BCUT2D eigenvalue weighted by Gasteiger charge is -2.34. The van der Waals surface area contributed by atoms with Crippen molar-refractivity contribution in [2.24, 2.45) is 11.7 Å². The zero-order valence-corrected chi connectivity index (χ0v) is 12.3. The first-order valence-corrected chi connectivity index (χ1v) is 8.17. The SMILES string of the molecule is CC(N)C1CCCN(C(=O)c2sccc2C2CC2)C1. The molecule has 2 unspecified atom stereocenters.